The molecule has 0 spiro atoms. The van der Waals surface area contributed by atoms with Crippen molar-refractivity contribution in [3.8, 4) is 0 Å². The van der Waals surface area contributed by atoms with E-state index in [1.165, 1.54) is 17.8 Å². The molecule has 0 aromatic heterocycles. The molecule has 17 heavy (non-hydrogen) atoms. The zero-order valence-corrected chi connectivity index (χ0v) is 10.6. The predicted molar refractivity (Wildman–Crippen MR) is 67.2 cm³/mol. The van der Waals surface area contributed by atoms with Crippen molar-refractivity contribution in [1.29, 1.82) is 0 Å². The van der Waals surface area contributed by atoms with Crippen molar-refractivity contribution in [3.63, 3.8) is 0 Å². The summed E-state index contributed by atoms with van der Waals surface area (Å²) in [6, 6.07) is 3.08. The number of anilines is 1. The molecule has 0 heterocycles. The number of carbonyl (C=O) groups excluding carboxylic acids is 1. The Labute approximate surface area is 104 Å². The van der Waals surface area contributed by atoms with E-state index in [2.05, 4.69) is 19.2 Å². The minimum atomic E-state index is -0.757. The van der Waals surface area contributed by atoms with Gasteiger partial charge in [0.15, 0.2) is 0 Å². The van der Waals surface area contributed by atoms with Gasteiger partial charge in [0.25, 0.3) is 0 Å². The lowest BCUT2D eigenvalue weighted by Gasteiger charge is -2.07. The molecule has 0 radical (unpaired) electrons. The summed E-state index contributed by atoms with van der Waals surface area (Å²) in [5.74, 6) is -0.0349. The monoisotopic (exact) mass is 259 g/mol. The molecule has 94 valence electrons. The first-order valence-corrected chi connectivity index (χ1v) is 6.47. The van der Waals surface area contributed by atoms with Gasteiger partial charge < -0.3 is 5.32 Å². The average molecular weight is 259 g/mol. The van der Waals surface area contributed by atoms with E-state index in [9.17, 15) is 13.6 Å². The van der Waals surface area contributed by atoms with E-state index in [0.29, 0.717) is 5.92 Å². The van der Waals surface area contributed by atoms with Gasteiger partial charge in [0.1, 0.15) is 11.6 Å². The fourth-order valence-corrected chi connectivity index (χ4v) is 2.01. The number of amides is 1. The van der Waals surface area contributed by atoms with Crippen molar-refractivity contribution < 1.29 is 13.6 Å². The van der Waals surface area contributed by atoms with Crippen molar-refractivity contribution in [2.45, 2.75) is 13.8 Å². The van der Waals surface area contributed by atoms with Gasteiger partial charge in [-0.2, -0.15) is 11.8 Å². The molecule has 0 atom stereocenters. The van der Waals surface area contributed by atoms with Gasteiger partial charge in [-0.05, 0) is 23.8 Å². The smallest absolute Gasteiger partial charge is 0.234 e. The second-order valence-corrected chi connectivity index (χ2v) is 5.11. The summed E-state index contributed by atoms with van der Waals surface area (Å²) >= 11 is 1.49. The Morgan fingerprint density at radius 3 is 2.71 bits per heavy atom. The Bertz CT molecular complexity index is 396. The molecule has 1 amide bonds. The Morgan fingerprint density at radius 1 is 1.41 bits per heavy atom. The normalized spacial score (nSPS) is 10.6. The van der Waals surface area contributed by atoms with E-state index in [-0.39, 0.29) is 17.3 Å². The molecular weight excluding hydrogens is 244 g/mol. The number of nitrogens with one attached hydrogen (secondary N) is 1. The predicted octanol–water partition coefficient (Wildman–Crippen LogP) is 3.29. The maximum atomic E-state index is 13.2. The fourth-order valence-electron chi connectivity index (χ4n) is 1.16. The first kappa shape index (κ1) is 14.0. The molecule has 1 aromatic rings. The van der Waals surface area contributed by atoms with Gasteiger partial charge in [-0.15, -0.1) is 0 Å². The summed E-state index contributed by atoms with van der Waals surface area (Å²) in [6.07, 6.45) is 0. The second-order valence-electron chi connectivity index (χ2n) is 4.08. The molecule has 0 fully saturated rings. The van der Waals surface area contributed by atoms with E-state index in [0.717, 1.165) is 17.9 Å². The zero-order chi connectivity index (χ0) is 12.8. The minimum absolute atomic E-state index is 0.0153. The molecule has 0 unspecified atom stereocenters. The summed E-state index contributed by atoms with van der Waals surface area (Å²) in [7, 11) is 0. The molecule has 5 heteroatoms. The van der Waals surface area contributed by atoms with Crippen molar-refractivity contribution in [2.24, 2.45) is 5.92 Å². The standard InChI is InChI=1S/C12H15F2NOS/c1-8(2)6-17-7-12(16)15-11-4-3-9(13)5-10(11)14/h3-5,8H,6-7H2,1-2H3,(H,15,16). The van der Waals surface area contributed by atoms with E-state index < -0.39 is 11.6 Å². The first-order chi connectivity index (χ1) is 7.99. The van der Waals surface area contributed by atoms with Crippen LogP contribution in [-0.4, -0.2) is 17.4 Å². The van der Waals surface area contributed by atoms with Crippen LogP contribution in [0.1, 0.15) is 13.8 Å². The Morgan fingerprint density at radius 2 is 2.12 bits per heavy atom. The van der Waals surface area contributed by atoms with Crippen molar-refractivity contribution >= 4 is 23.4 Å². The lowest BCUT2D eigenvalue weighted by Crippen LogP contribution is -2.15. The summed E-state index contributed by atoms with van der Waals surface area (Å²) in [5, 5.41) is 2.41. The maximum absolute atomic E-state index is 13.2. The number of thioether (sulfide) groups is 1. The van der Waals surface area contributed by atoms with Gasteiger partial charge in [0.05, 0.1) is 11.4 Å². The van der Waals surface area contributed by atoms with Crippen LogP contribution in [0.25, 0.3) is 0 Å². The Hall–Kier alpha value is -1.10. The van der Waals surface area contributed by atoms with Crippen LogP contribution >= 0.6 is 11.8 Å². The number of benzene rings is 1. The molecule has 0 aliphatic rings. The van der Waals surface area contributed by atoms with Crippen molar-refractivity contribution in [3.05, 3.63) is 29.8 Å². The molecule has 0 bridgehead atoms. The summed E-state index contributed by atoms with van der Waals surface area (Å²) in [4.78, 5) is 11.4. The Balaban J connectivity index is 2.45. The highest BCUT2D eigenvalue weighted by atomic mass is 32.2. The molecule has 1 N–H and O–H groups in total. The van der Waals surface area contributed by atoms with Gasteiger partial charge in [-0.1, -0.05) is 13.8 Å². The lowest BCUT2D eigenvalue weighted by molar-refractivity contribution is -0.113. The highest BCUT2D eigenvalue weighted by Crippen LogP contribution is 2.15. The summed E-state index contributed by atoms with van der Waals surface area (Å²) < 4.78 is 25.8. The zero-order valence-electron chi connectivity index (χ0n) is 9.80. The highest BCUT2D eigenvalue weighted by molar-refractivity contribution is 7.99. The quantitative estimate of drug-likeness (QED) is 0.879. The molecule has 0 saturated carbocycles. The third-order valence-corrected chi connectivity index (χ3v) is 3.26. The van der Waals surface area contributed by atoms with Crippen molar-refractivity contribution in [2.75, 3.05) is 16.8 Å². The summed E-state index contributed by atoms with van der Waals surface area (Å²) in [6.45, 7) is 4.12. The SMILES string of the molecule is CC(C)CSCC(=O)Nc1ccc(F)cc1F. The van der Waals surface area contributed by atoms with Gasteiger partial charge in [0, 0.05) is 6.07 Å². The molecule has 0 saturated heterocycles. The van der Waals surface area contributed by atoms with Crippen LogP contribution in [0.15, 0.2) is 18.2 Å². The van der Waals surface area contributed by atoms with Crippen LogP contribution in [-0.2, 0) is 4.79 Å². The molecule has 1 rings (SSSR count). The van der Waals surface area contributed by atoms with Crippen LogP contribution in [0.2, 0.25) is 0 Å². The number of halogens is 2. The average Bonchev–Trinajstić information content (AvgIpc) is 2.21. The summed E-state index contributed by atoms with van der Waals surface area (Å²) in [5.41, 5.74) is 0.0153. The van der Waals surface area contributed by atoms with Gasteiger partial charge in [-0.3, -0.25) is 4.79 Å². The maximum Gasteiger partial charge on any atom is 0.234 e. The first-order valence-electron chi connectivity index (χ1n) is 5.31. The van der Waals surface area contributed by atoms with Gasteiger partial charge in [-0.25, -0.2) is 8.78 Å². The molecular formula is C12H15F2NOS. The third kappa shape index (κ3) is 5.17. The minimum Gasteiger partial charge on any atom is -0.323 e. The van der Waals surface area contributed by atoms with Crippen LogP contribution in [0.4, 0.5) is 14.5 Å². The molecule has 1 aromatic carbocycles. The van der Waals surface area contributed by atoms with Crippen LogP contribution in [0, 0.1) is 17.6 Å². The number of hydrogen-bond acceptors (Lipinski definition) is 2. The topological polar surface area (TPSA) is 29.1 Å². The molecule has 0 aliphatic carbocycles. The molecule has 2 nitrogen and oxygen atoms in total. The van der Waals surface area contributed by atoms with Crippen LogP contribution in [0.5, 0.6) is 0 Å². The number of rotatable bonds is 5. The number of carbonyl (C=O) groups is 1. The van der Waals surface area contributed by atoms with E-state index in [4.69, 9.17) is 0 Å². The van der Waals surface area contributed by atoms with Crippen LogP contribution < -0.4 is 5.32 Å². The van der Waals surface area contributed by atoms with Crippen LogP contribution in [0.3, 0.4) is 0 Å². The number of hydrogen-bond donors (Lipinski definition) is 1. The Kier molecular flexibility index (Phi) is 5.41. The molecule has 0 aliphatic heterocycles. The largest absolute Gasteiger partial charge is 0.323 e. The third-order valence-electron chi connectivity index (χ3n) is 1.89. The lowest BCUT2D eigenvalue weighted by atomic mass is 10.3. The van der Waals surface area contributed by atoms with E-state index >= 15 is 0 Å². The van der Waals surface area contributed by atoms with Crippen molar-refractivity contribution in [1.82, 2.24) is 0 Å². The van der Waals surface area contributed by atoms with Gasteiger partial charge >= 0.3 is 0 Å². The van der Waals surface area contributed by atoms with Gasteiger partial charge in [0.2, 0.25) is 5.91 Å². The second kappa shape index (κ2) is 6.59. The highest BCUT2D eigenvalue weighted by Gasteiger charge is 2.08. The van der Waals surface area contributed by atoms with E-state index in [1.807, 2.05) is 0 Å². The van der Waals surface area contributed by atoms with E-state index in [1.54, 1.807) is 0 Å². The fraction of sp³-hybridized carbons (Fsp3) is 0.417.